The Morgan fingerprint density at radius 2 is 2.02 bits per heavy atom. The quantitative estimate of drug-likeness (QED) is 0.230. The van der Waals surface area contributed by atoms with Crippen molar-refractivity contribution in [3.8, 4) is 11.5 Å². The Bertz CT molecular complexity index is 1640. The number of aliphatic hydroxyl groups excluding tert-OH is 1. The fourth-order valence-electron chi connectivity index (χ4n) is 5.46. The lowest BCUT2D eigenvalue weighted by Gasteiger charge is -2.35. The van der Waals surface area contributed by atoms with Crippen LogP contribution in [0.25, 0.3) is 10.2 Å². The molecule has 9 nitrogen and oxygen atoms in total. The van der Waals surface area contributed by atoms with Gasteiger partial charge in [0.05, 0.1) is 22.4 Å². The lowest BCUT2D eigenvalue weighted by molar-refractivity contribution is 0.0182. The summed E-state index contributed by atoms with van der Waals surface area (Å²) in [4.78, 5) is 36.2. The van der Waals surface area contributed by atoms with Crippen LogP contribution < -0.4 is 20.3 Å². The number of amides is 3. The molecule has 41 heavy (non-hydrogen) atoms. The van der Waals surface area contributed by atoms with E-state index in [1.807, 2.05) is 73.4 Å². The van der Waals surface area contributed by atoms with Crippen molar-refractivity contribution >= 4 is 50.6 Å². The molecule has 2 aliphatic heterocycles. The van der Waals surface area contributed by atoms with E-state index in [9.17, 15) is 14.7 Å². The van der Waals surface area contributed by atoms with Gasteiger partial charge in [0.1, 0.15) is 27.4 Å². The molecule has 1 fully saturated rings. The van der Waals surface area contributed by atoms with Crippen LogP contribution in [0.3, 0.4) is 0 Å². The Labute approximate surface area is 242 Å². The second-order valence-corrected chi connectivity index (χ2v) is 11.2. The monoisotopic (exact) mass is 569 g/mol. The van der Waals surface area contributed by atoms with Crippen LogP contribution in [0, 0.1) is 6.92 Å². The predicted molar refractivity (Wildman–Crippen MR) is 161 cm³/mol. The summed E-state index contributed by atoms with van der Waals surface area (Å²) in [6.07, 6.45) is 6.22. The zero-order valence-electron chi connectivity index (χ0n) is 22.8. The van der Waals surface area contributed by atoms with Gasteiger partial charge in [-0.1, -0.05) is 24.3 Å². The van der Waals surface area contributed by atoms with Gasteiger partial charge in [0.25, 0.3) is 5.91 Å². The van der Waals surface area contributed by atoms with Gasteiger partial charge in [-0.2, -0.15) is 0 Å². The number of carbonyl (C=O) groups is 2. The zero-order valence-corrected chi connectivity index (χ0v) is 23.6. The van der Waals surface area contributed by atoms with E-state index < -0.39 is 6.23 Å². The molecule has 0 bridgehead atoms. The Morgan fingerprint density at radius 3 is 2.80 bits per heavy atom. The molecule has 2 atom stereocenters. The van der Waals surface area contributed by atoms with Crippen molar-refractivity contribution in [1.82, 2.24) is 15.2 Å². The van der Waals surface area contributed by atoms with Crippen LogP contribution in [-0.2, 0) is 0 Å². The van der Waals surface area contributed by atoms with Crippen molar-refractivity contribution in [3.63, 3.8) is 0 Å². The molecule has 2 aromatic heterocycles. The molecule has 210 valence electrons. The summed E-state index contributed by atoms with van der Waals surface area (Å²) in [6, 6.07) is 16.5. The number of nitrogens with one attached hydrogen (secondary N) is 2. The predicted octanol–water partition coefficient (Wildman–Crippen LogP) is 6.17. The first-order valence-electron chi connectivity index (χ1n) is 13.6. The highest BCUT2D eigenvalue weighted by molar-refractivity contribution is 7.21. The number of anilines is 3. The maximum Gasteiger partial charge on any atom is 0.331 e. The van der Waals surface area contributed by atoms with Gasteiger partial charge in [-0.05, 0) is 74.7 Å². The number of rotatable bonds is 7. The summed E-state index contributed by atoms with van der Waals surface area (Å²) in [5, 5.41) is 17.2. The van der Waals surface area contributed by atoms with Crippen molar-refractivity contribution in [3.05, 3.63) is 83.4 Å². The standard InChI is InChI=1S/C31H31N5O4S/c1-3-8-25(37)35-16-7-9-20(18-35)33-29(38)28-27-26-24(14-15-32-30(26)41-28)36(31(39)34-27)23-13-12-22(17-19(23)2)40-21-10-5-4-6-11-21/h3-6,8,10-15,17,20,25,37H,7,9,16,18H2,1-2H3,(H,33,38)(H,34,39)/b8-3+/t20-,25-/m1/s1. The largest absolute Gasteiger partial charge is 0.457 e. The highest BCUT2D eigenvalue weighted by Crippen LogP contribution is 2.46. The Morgan fingerprint density at radius 1 is 1.20 bits per heavy atom. The number of pyridine rings is 1. The van der Waals surface area contributed by atoms with E-state index in [1.54, 1.807) is 23.2 Å². The summed E-state index contributed by atoms with van der Waals surface area (Å²) in [7, 11) is 0. The number of urea groups is 1. The molecule has 6 rings (SSSR count). The lowest BCUT2D eigenvalue weighted by Crippen LogP contribution is -2.50. The number of ether oxygens (including phenoxy) is 1. The van der Waals surface area contributed by atoms with Gasteiger partial charge in [-0.15, -0.1) is 11.3 Å². The van der Waals surface area contributed by atoms with Crippen LogP contribution >= 0.6 is 11.3 Å². The maximum absolute atomic E-state index is 13.6. The Hall–Kier alpha value is -4.25. The molecule has 0 unspecified atom stereocenters. The number of aryl methyl sites for hydroxylation is 1. The van der Waals surface area contributed by atoms with Gasteiger partial charge in [-0.3, -0.25) is 14.6 Å². The van der Waals surface area contributed by atoms with Crippen molar-refractivity contribution in [1.29, 1.82) is 0 Å². The number of likely N-dealkylation sites (tertiary alicyclic amines) is 1. The van der Waals surface area contributed by atoms with Crippen molar-refractivity contribution in [2.75, 3.05) is 23.3 Å². The second kappa shape index (κ2) is 11.3. The molecule has 2 aliphatic rings. The average molecular weight is 570 g/mol. The van der Waals surface area contributed by atoms with E-state index >= 15 is 0 Å². The average Bonchev–Trinajstić information content (AvgIpc) is 3.34. The highest BCUT2D eigenvalue weighted by Gasteiger charge is 2.34. The van der Waals surface area contributed by atoms with Crippen LogP contribution in [0.15, 0.2) is 72.9 Å². The van der Waals surface area contributed by atoms with E-state index in [-0.39, 0.29) is 18.0 Å². The summed E-state index contributed by atoms with van der Waals surface area (Å²) < 4.78 is 5.97. The summed E-state index contributed by atoms with van der Waals surface area (Å²) in [5.74, 6) is 1.15. The number of aromatic nitrogens is 1. The maximum atomic E-state index is 13.6. The van der Waals surface area contributed by atoms with E-state index in [0.717, 1.165) is 36.1 Å². The third-order valence-electron chi connectivity index (χ3n) is 7.37. The molecule has 4 aromatic rings. The van der Waals surface area contributed by atoms with E-state index in [0.29, 0.717) is 39.1 Å². The SMILES string of the molecule is C/C=C/[C@@H](O)N1CCC[C@@H](NC(=O)c2sc3nccc4c3c2NC(=O)N4c2ccc(Oc3ccccc3)cc2C)C1. The summed E-state index contributed by atoms with van der Waals surface area (Å²) >= 11 is 1.26. The molecule has 0 radical (unpaired) electrons. The number of aliphatic hydroxyl groups is 1. The third kappa shape index (κ3) is 5.29. The van der Waals surface area contributed by atoms with Crippen molar-refractivity contribution < 1.29 is 19.4 Å². The number of benzene rings is 2. The molecule has 3 amide bonds. The van der Waals surface area contributed by atoms with E-state index in [2.05, 4.69) is 15.6 Å². The van der Waals surface area contributed by atoms with Gasteiger partial charge in [-0.25, -0.2) is 9.78 Å². The number of allylic oxidation sites excluding steroid dienone is 1. The first-order valence-corrected chi connectivity index (χ1v) is 14.5. The van der Waals surface area contributed by atoms with Crippen molar-refractivity contribution in [2.24, 2.45) is 0 Å². The minimum atomic E-state index is -0.676. The first-order chi connectivity index (χ1) is 19.9. The zero-order chi connectivity index (χ0) is 28.5. The molecule has 0 spiro atoms. The first kappa shape index (κ1) is 26.9. The van der Waals surface area contributed by atoms with E-state index in [1.165, 1.54) is 11.3 Å². The number of thiophene rings is 1. The topological polar surface area (TPSA) is 107 Å². The van der Waals surface area contributed by atoms with Gasteiger partial charge in [0.15, 0.2) is 0 Å². The lowest BCUT2D eigenvalue weighted by atomic mass is 10.0. The molecule has 3 N–H and O–H groups in total. The molecule has 2 aromatic carbocycles. The normalized spacial score (nSPS) is 18.0. The number of hydrogen-bond acceptors (Lipinski definition) is 7. The van der Waals surface area contributed by atoms with E-state index in [4.69, 9.17) is 4.74 Å². The van der Waals surface area contributed by atoms with Crippen LogP contribution in [0.5, 0.6) is 11.5 Å². The number of para-hydroxylation sites is 1. The number of piperidine rings is 1. The minimum absolute atomic E-state index is 0.115. The fraction of sp³-hybridized carbons (Fsp3) is 0.258. The van der Waals surface area contributed by atoms with Crippen LogP contribution in [0.4, 0.5) is 21.9 Å². The minimum Gasteiger partial charge on any atom is -0.457 e. The van der Waals surface area contributed by atoms with Crippen LogP contribution in [-0.4, -0.2) is 52.3 Å². The summed E-state index contributed by atoms with van der Waals surface area (Å²) in [6.45, 7) is 5.11. The third-order valence-corrected chi connectivity index (χ3v) is 8.46. The van der Waals surface area contributed by atoms with Gasteiger partial charge >= 0.3 is 6.03 Å². The smallest absolute Gasteiger partial charge is 0.331 e. The number of carbonyl (C=O) groups excluding carboxylic acids is 2. The summed E-state index contributed by atoms with van der Waals surface area (Å²) in [5.41, 5.74) is 2.72. The highest BCUT2D eigenvalue weighted by atomic mass is 32.1. The fourth-order valence-corrected chi connectivity index (χ4v) is 6.48. The second-order valence-electron chi connectivity index (χ2n) is 10.2. The van der Waals surface area contributed by atoms with Gasteiger partial charge < -0.3 is 20.5 Å². The molecule has 0 aliphatic carbocycles. The Balaban J connectivity index is 1.27. The van der Waals surface area contributed by atoms with Gasteiger partial charge in [0.2, 0.25) is 0 Å². The molecular formula is C31H31N5O4S. The molecular weight excluding hydrogens is 538 g/mol. The molecule has 4 heterocycles. The molecule has 1 saturated heterocycles. The number of nitrogens with zero attached hydrogens (tertiary/aromatic N) is 3. The van der Waals surface area contributed by atoms with Crippen LogP contribution in [0.2, 0.25) is 0 Å². The number of hydrogen-bond donors (Lipinski definition) is 3. The molecule has 0 saturated carbocycles. The van der Waals surface area contributed by atoms with Crippen LogP contribution in [0.1, 0.15) is 35.0 Å². The molecule has 10 heteroatoms. The van der Waals surface area contributed by atoms with Crippen molar-refractivity contribution in [2.45, 2.75) is 39.0 Å². The Kier molecular flexibility index (Phi) is 7.44. The van der Waals surface area contributed by atoms with Gasteiger partial charge in [0, 0.05) is 25.3 Å².